The van der Waals surface area contributed by atoms with Crippen LogP contribution in [-0.2, 0) is 9.53 Å². The second kappa shape index (κ2) is 6.11. The summed E-state index contributed by atoms with van der Waals surface area (Å²) < 4.78 is 5.10. The summed E-state index contributed by atoms with van der Waals surface area (Å²) in [4.78, 5) is 11.8. The monoisotopic (exact) mass is 228 g/mol. The van der Waals surface area contributed by atoms with Crippen LogP contribution in [0.5, 0.6) is 0 Å². The van der Waals surface area contributed by atoms with Crippen LogP contribution in [-0.4, -0.2) is 20.7 Å². The minimum absolute atomic E-state index is 0.112. The molecule has 0 aliphatic heterocycles. The third-order valence-electron chi connectivity index (χ3n) is 2.27. The number of allylic oxidation sites excluding steroid dienone is 1. The molecule has 0 rings (SSSR count). The van der Waals surface area contributed by atoms with Crippen molar-refractivity contribution >= 4 is 14.0 Å². The second-order valence-electron chi connectivity index (χ2n) is 5.07. The minimum atomic E-state index is -1.25. The minimum Gasteiger partial charge on any atom is -0.463 e. The van der Waals surface area contributed by atoms with Gasteiger partial charge in [-0.3, -0.25) is 0 Å². The van der Waals surface area contributed by atoms with Gasteiger partial charge in [-0.15, -0.1) is 0 Å². The molecular formula is C12H24O2Si. The van der Waals surface area contributed by atoms with E-state index in [1.807, 2.05) is 13.8 Å². The largest absolute Gasteiger partial charge is 0.463 e. The molecule has 2 nitrogen and oxygen atoms in total. The number of hydrogen-bond donors (Lipinski definition) is 0. The predicted molar refractivity (Wildman–Crippen MR) is 67.8 cm³/mol. The lowest BCUT2D eigenvalue weighted by atomic mass is 10.1. The lowest BCUT2D eigenvalue weighted by Crippen LogP contribution is -2.24. The Labute approximate surface area is 94.7 Å². The van der Waals surface area contributed by atoms with Crippen molar-refractivity contribution in [3.63, 3.8) is 0 Å². The molecule has 0 atom stereocenters. The molecule has 0 N–H and O–H groups in total. The van der Waals surface area contributed by atoms with Gasteiger partial charge < -0.3 is 4.74 Å². The van der Waals surface area contributed by atoms with E-state index in [9.17, 15) is 4.79 Å². The molecule has 3 heteroatoms. The van der Waals surface area contributed by atoms with E-state index >= 15 is 0 Å². The second-order valence-corrected chi connectivity index (χ2v) is 10.5. The van der Waals surface area contributed by atoms with Crippen LogP contribution >= 0.6 is 0 Å². The van der Waals surface area contributed by atoms with E-state index in [1.54, 1.807) is 0 Å². The topological polar surface area (TPSA) is 26.3 Å². The Morgan fingerprint density at radius 2 is 1.73 bits per heavy atom. The first-order valence-corrected chi connectivity index (χ1v) is 9.38. The van der Waals surface area contributed by atoms with Crippen molar-refractivity contribution in [3.05, 3.63) is 11.1 Å². The summed E-state index contributed by atoms with van der Waals surface area (Å²) in [5, 5.41) is 0. The Hall–Kier alpha value is -0.573. The van der Waals surface area contributed by atoms with Crippen LogP contribution in [0.15, 0.2) is 11.1 Å². The highest BCUT2D eigenvalue weighted by Gasteiger charge is 2.22. The quantitative estimate of drug-likeness (QED) is 0.408. The molecule has 0 amide bonds. The molecule has 88 valence electrons. The molecule has 0 unspecified atom stereocenters. The van der Waals surface area contributed by atoms with Gasteiger partial charge in [-0.1, -0.05) is 32.1 Å². The normalized spacial score (nSPS) is 13.5. The third kappa shape index (κ3) is 5.77. The van der Waals surface area contributed by atoms with Crippen LogP contribution in [0, 0.1) is 0 Å². The van der Waals surface area contributed by atoms with Crippen LogP contribution in [0.3, 0.4) is 0 Å². The fraction of sp³-hybridized carbons (Fsp3) is 0.750. The fourth-order valence-electron chi connectivity index (χ4n) is 1.36. The molecular weight excluding hydrogens is 204 g/mol. The molecule has 0 saturated heterocycles. The van der Waals surface area contributed by atoms with Gasteiger partial charge in [0.05, 0.1) is 6.61 Å². The first-order chi connectivity index (χ1) is 6.81. The number of rotatable bonds is 5. The zero-order chi connectivity index (χ0) is 12.1. The van der Waals surface area contributed by atoms with Gasteiger partial charge in [0.1, 0.15) is 0 Å². The summed E-state index contributed by atoms with van der Waals surface area (Å²) in [5.74, 6) is -0.112. The highest BCUT2D eigenvalue weighted by atomic mass is 28.3. The van der Waals surface area contributed by atoms with Crippen LogP contribution in [0.2, 0.25) is 25.7 Å². The number of ether oxygens (including phenoxy) is 1. The van der Waals surface area contributed by atoms with Gasteiger partial charge in [0, 0.05) is 13.6 Å². The molecule has 0 fully saturated rings. The van der Waals surface area contributed by atoms with Gasteiger partial charge in [0.25, 0.3) is 0 Å². The van der Waals surface area contributed by atoms with Crippen molar-refractivity contribution < 1.29 is 9.53 Å². The molecule has 0 saturated carbocycles. The summed E-state index contributed by atoms with van der Waals surface area (Å²) in [6, 6.07) is 0.922. The summed E-state index contributed by atoms with van der Waals surface area (Å²) >= 11 is 0. The van der Waals surface area contributed by atoms with Gasteiger partial charge in [0.15, 0.2) is 0 Å². The first-order valence-electron chi connectivity index (χ1n) is 5.67. The van der Waals surface area contributed by atoms with Crippen molar-refractivity contribution in [2.24, 2.45) is 0 Å². The van der Waals surface area contributed by atoms with Gasteiger partial charge in [-0.25, -0.2) is 4.79 Å². The maximum absolute atomic E-state index is 11.8. The zero-order valence-corrected chi connectivity index (χ0v) is 11.9. The molecule has 0 aliphatic rings. The highest BCUT2D eigenvalue weighted by molar-refractivity contribution is 6.77. The Bertz CT molecular complexity index is 249. The molecule has 0 radical (unpaired) electrons. The van der Waals surface area contributed by atoms with Crippen LogP contribution in [0.25, 0.3) is 0 Å². The average molecular weight is 228 g/mol. The SMILES string of the molecule is CCOC(=O)/C(C[Si](C)(C)C)=C(/C)CC. The summed E-state index contributed by atoms with van der Waals surface area (Å²) in [6.07, 6.45) is 0.929. The molecule has 15 heavy (non-hydrogen) atoms. The van der Waals surface area contributed by atoms with E-state index in [0.717, 1.165) is 18.0 Å². The van der Waals surface area contributed by atoms with Gasteiger partial charge >= 0.3 is 5.97 Å². The van der Waals surface area contributed by atoms with Gasteiger partial charge in [-0.05, 0) is 26.3 Å². The molecule has 0 aromatic heterocycles. The van der Waals surface area contributed by atoms with Crippen molar-refractivity contribution in [1.82, 2.24) is 0 Å². The maximum atomic E-state index is 11.8. The summed E-state index contributed by atoms with van der Waals surface area (Å²) in [6.45, 7) is 13.3. The molecule has 0 spiro atoms. The molecule has 0 aromatic rings. The standard InChI is InChI=1S/C12H24O2Si/c1-7-10(3)11(9-15(4,5)6)12(13)14-8-2/h7-9H2,1-6H3/b11-10-. The number of hydrogen-bond acceptors (Lipinski definition) is 2. The number of esters is 1. The highest BCUT2D eigenvalue weighted by Crippen LogP contribution is 2.22. The Kier molecular flexibility index (Phi) is 5.87. The van der Waals surface area contributed by atoms with E-state index in [-0.39, 0.29) is 5.97 Å². The van der Waals surface area contributed by atoms with E-state index < -0.39 is 8.07 Å². The van der Waals surface area contributed by atoms with E-state index in [4.69, 9.17) is 4.74 Å². The Morgan fingerprint density at radius 3 is 2.07 bits per heavy atom. The molecule has 0 aromatic carbocycles. The number of carbonyl (C=O) groups is 1. The summed E-state index contributed by atoms with van der Waals surface area (Å²) in [5.41, 5.74) is 2.09. The molecule has 0 aliphatic carbocycles. The Morgan fingerprint density at radius 1 is 1.20 bits per heavy atom. The van der Waals surface area contributed by atoms with Crippen molar-refractivity contribution in [1.29, 1.82) is 0 Å². The van der Waals surface area contributed by atoms with Crippen molar-refractivity contribution in [3.8, 4) is 0 Å². The average Bonchev–Trinajstić information content (AvgIpc) is 2.12. The van der Waals surface area contributed by atoms with Gasteiger partial charge in [0.2, 0.25) is 0 Å². The third-order valence-corrected chi connectivity index (χ3v) is 3.69. The lowest BCUT2D eigenvalue weighted by Gasteiger charge is -2.19. The molecule has 0 heterocycles. The van der Waals surface area contributed by atoms with Gasteiger partial charge in [-0.2, -0.15) is 0 Å². The van der Waals surface area contributed by atoms with E-state index in [1.165, 1.54) is 5.57 Å². The van der Waals surface area contributed by atoms with E-state index in [0.29, 0.717) is 6.61 Å². The zero-order valence-electron chi connectivity index (χ0n) is 10.9. The smallest absolute Gasteiger partial charge is 0.333 e. The fourth-order valence-corrected chi connectivity index (χ4v) is 2.87. The van der Waals surface area contributed by atoms with Crippen LogP contribution in [0.1, 0.15) is 27.2 Å². The Balaban J connectivity index is 4.84. The summed E-state index contributed by atoms with van der Waals surface area (Å²) in [7, 11) is -1.25. The van der Waals surface area contributed by atoms with Crippen LogP contribution in [0.4, 0.5) is 0 Å². The first kappa shape index (κ1) is 14.4. The number of carbonyl (C=O) groups excluding carboxylic acids is 1. The maximum Gasteiger partial charge on any atom is 0.333 e. The van der Waals surface area contributed by atoms with E-state index in [2.05, 4.69) is 26.6 Å². The van der Waals surface area contributed by atoms with Crippen molar-refractivity contribution in [2.75, 3.05) is 6.61 Å². The molecule has 0 bridgehead atoms. The van der Waals surface area contributed by atoms with Crippen molar-refractivity contribution in [2.45, 2.75) is 52.9 Å². The lowest BCUT2D eigenvalue weighted by molar-refractivity contribution is -0.138. The predicted octanol–water partition coefficient (Wildman–Crippen LogP) is 3.61. The van der Waals surface area contributed by atoms with Crippen LogP contribution < -0.4 is 0 Å².